The molecule has 124 valence electrons. The highest BCUT2D eigenvalue weighted by Gasteiger charge is 2.35. The fourth-order valence-electron chi connectivity index (χ4n) is 3.57. The topological polar surface area (TPSA) is 3.24 Å². The van der Waals surface area contributed by atoms with Gasteiger partial charge in [-0.15, -0.1) is 0 Å². The molecule has 1 aromatic carbocycles. The molecule has 0 saturated carbocycles. The monoisotopic (exact) mass is 309 g/mol. The van der Waals surface area contributed by atoms with Crippen molar-refractivity contribution in [3.8, 4) is 0 Å². The minimum atomic E-state index is 0.400. The molecule has 23 heavy (non-hydrogen) atoms. The van der Waals surface area contributed by atoms with E-state index in [2.05, 4.69) is 67.8 Å². The van der Waals surface area contributed by atoms with E-state index in [9.17, 15) is 0 Å². The van der Waals surface area contributed by atoms with E-state index in [-0.39, 0.29) is 0 Å². The largest absolute Gasteiger partial charge is 0.292 e. The predicted molar refractivity (Wildman–Crippen MR) is 102 cm³/mol. The number of rotatable bonds is 2. The van der Waals surface area contributed by atoms with Crippen molar-refractivity contribution >= 4 is 5.57 Å². The van der Waals surface area contributed by atoms with E-state index in [1.165, 1.54) is 48.2 Å². The number of benzene rings is 1. The van der Waals surface area contributed by atoms with Gasteiger partial charge in [0.2, 0.25) is 0 Å². The van der Waals surface area contributed by atoms with Crippen molar-refractivity contribution in [3.05, 3.63) is 65.8 Å². The first-order valence-electron chi connectivity index (χ1n) is 9.08. The maximum absolute atomic E-state index is 4.36. The fourth-order valence-corrected chi connectivity index (χ4v) is 3.57. The minimum Gasteiger partial charge on any atom is -0.292 e. The molecule has 1 heterocycles. The molecule has 0 N–H and O–H groups in total. The molecule has 0 aromatic heterocycles. The third-order valence-corrected chi connectivity index (χ3v) is 4.88. The Morgan fingerprint density at radius 3 is 2.43 bits per heavy atom. The molecule has 1 heteroatoms. The van der Waals surface area contributed by atoms with Gasteiger partial charge in [0.1, 0.15) is 0 Å². The number of hydrogen-bond acceptors (Lipinski definition) is 1. The van der Waals surface area contributed by atoms with E-state index < -0.39 is 0 Å². The maximum Gasteiger partial charge on any atom is 0.0613 e. The number of nitrogens with zero attached hydrogens (tertiary/aromatic N) is 1. The molecule has 1 aromatic rings. The molecule has 0 radical (unpaired) electrons. The van der Waals surface area contributed by atoms with E-state index in [1.54, 1.807) is 0 Å². The zero-order valence-corrected chi connectivity index (χ0v) is 15.2. The number of likely N-dealkylation sites (tertiary alicyclic amines) is 1. The first-order valence-corrected chi connectivity index (χ1v) is 9.08. The second-order valence-corrected chi connectivity index (χ2v) is 6.33. The van der Waals surface area contributed by atoms with Gasteiger partial charge in [0, 0.05) is 0 Å². The second-order valence-electron chi connectivity index (χ2n) is 6.33. The Balaban J connectivity index is 0.000000924. The summed E-state index contributed by atoms with van der Waals surface area (Å²) in [7, 11) is 0. The van der Waals surface area contributed by atoms with Crippen molar-refractivity contribution in [2.24, 2.45) is 5.92 Å². The summed E-state index contributed by atoms with van der Waals surface area (Å²) in [5.74, 6) is 0.865. The smallest absolute Gasteiger partial charge is 0.0613 e. The van der Waals surface area contributed by atoms with Gasteiger partial charge in [0.05, 0.1) is 6.04 Å². The lowest BCUT2D eigenvalue weighted by molar-refractivity contribution is 0.160. The quantitative estimate of drug-likeness (QED) is 0.646. The SMILES string of the molecule is C=C1/C(=C\C=C/C)C(N2CCC(C)CC2)c2ccccc21.CC. The Labute approximate surface area is 142 Å². The van der Waals surface area contributed by atoms with Gasteiger partial charge in [-0.25, -0.2) is 0 Å². The minimum absolute atomic E-state index is 0.400. The lowest BCUT2D eigenvalue weighted by Gasteiger charge is -2.36. The van der Waals surface area contributed by atoms with Crippen molar-refractivity contribution in [2.45, 2.75) is 46.6 Å². The van der Waals surface area contributed by atoms with Crippen LogP contribution in [0.3, 0.4) is 0 Å². The molecule has 1 saturated heterocycles. The number of allylic oxidation sites excluding steroid dienone is 3. The highest BCUT2D eigenvalue weighted by Crippen LogP contribution is 2.47. The normalized spacial score (nSPS) is 23.9. The van der Waals surface area contributed by atoms with Crippen LogP contribution in [0.4, 0.5) is 0 Å². The molecule has 3 rings (SSSR count). The van der Waals surface area contributed by atoms with Crippen LogP contribution < -0.4 is 0 Å². The summed E-state index contributed by atoms with van der Waals surface area (Å²) >= 11 is 0. The molecular formula is C22H31N. The Kier molecular flexibility index (Phi) is 6.41. The van der Waals surface area contributed by atoms with Crippen LogP contribution in [0.1, 0.15) is 57.7 Å². The second kappa shape index (κ2) is 8.31. The predicted octanol–water partition coefficient (Wildman–Crippen LogP) is 6.02. The number of piperidine rings is 1. The standard InChI is InChI=1S/C20H25N.C2H6/c1-4-5-8-18-16(3)17-9-6-7-10-19(17)20(18)21-13-11-15(2)12-14-21;1-2/h4-10,15,20H,3,11-14H2,1-2H3;1-2H3/b5-4-,18-8+;. The van der Waals surface area contributed by atoms with Gasteiger partial charge in [-0.1, -0.05) is 69.8 Å². The van der Waals surface area contributed by atoms with Crippen molar-refractivity contribution < 1.29 is 0 Å². The van der Waals surface area contributed by atoms with Crippen LogP contribution in [-0.2, 0) is 0 Å². The molecule has 1 aliphatic carbocycles. The summed E-state index contributed by atoms with van der Waals surface area (Å²) in [5, 5.41) is 0. The summed E-state index contributed by atoms with van der Waals surface area (Å²) < 4.78 is 0. The molecule has 1 nitrogen and oxygen atoms in total. The lowest BCUT2D eigenvalue weighted by atomic mass is 9.95. The average Bonchev–Trinajstić information content (AvgIpc) is 2.88. The van der Waals surface area contributed by atoms with Crippen molar-refractivity contribution in [1.29, 1.82) is 0 Å². The molecule has 1 atom stereocenters. The molecule has 0 amide bonds. The molecule has 0 bridgehead atoms. The molecule has 0 spiro atoms. The van der Waals surface area contributed by atoms with Gasteiger partial charge in [-0.2, -0.15) is 0 Å². The van der Waals surface area contributed by atoms with E-state index in [0.29, 0.717) is 6.04 Å². The highest BCUT2D eigenvalue weighted by atomic mass is 15.2. The average molecular weight is 309 g/mol. The summed E-state index contributed by atoms with van der Waals surface area (Å²) in [6, 6.07) is 9.17. The van der Waals surface area contributed by atoms with Gasteiger partial charge in [-0.3, -0.25) is 4.90 Å². The van der Waals surface area contributed by atoms with E-state index in [4.69, 9.17) is 0 Å². The van der Waals surface area contributed by atoms with E-state index >= 15 is 0 Å². The van der Waals surface area contributed by atoms with Crippen LogP contribution in [-0.4, -0.2) is 18.0 Å². The van der Waals surface area contributed by atoms with E-state index in [1.807, 2.05) is 13.8 Å². The Morgan fingerprint density at radius 2 is 1.78 bits per heavy atom. The van der Waals surface area contributed by atoms with Gasteiger partial charge < -0.3 is 0 Å². The van der Waals surface area contributed by atoms with Gasteiger partial charge in [0.15, 0.2) is 0 Å². The zero-order chi connectivity index (χ0) is 16.8. The highest BCUT2D eigenvalue weighted by molar-refractivity contribution is 5.86. The van der Waals surface area contributed by atoms with Crippen LogP contribution in [0.5, 0.6) is 0 Å². The Bertz CT molecular complexity index is 586. The van der Waals surface area contributed by atoms with Crippen LogP contribution in [0.25, 0.3) is 5.57 Å². The van der Waals surface area contributed by atoms with Crippen molar-refractivity contribution in [1.82, 2.24) is 4.90 Å². The van der Waals surface area contributed by atoms with Crippen molar-refractivity contribution in [2.75, 3.05) is 13.1 Å². The molecular weight excluding hydrogens is 278 g/mol. The van der Waals surface area contributed by atoms with Gasteiger partial charge >= 0.3 is 0 Å². The van der Waals surface area contributed by atoms with Crippen LogP contribution in [0.15, 0.2) is 54.6 Å². The van der Waals surface area contributed by atoms with E-state index in [0.717, 1.165) is 5.92 Å². The summed E-state index contributed by atoms with van der Waals surface area (Å²) in [5.41, 5.74) is 5.35. The van der Waals surface area contributed by atoms with Crippen LogP contribution >= 0.6 is 0 Å². The van der Waals surface area contributed by atoms with Crippen molar-refractivity contribution in [3.63, 3.8) is 0 Å². The van der Waals surface area contributed by atoms with Crippen LogP contribution in [0.2, 0.25) is 0 Å². The summed E-state index contributed by atoms with van der Waals surface area (Å²) in [6.45, 7) is 15.2. The maximum atomic E-state index is 4.36. The Hall–Kier alpha value is -1.60. The first kappa shape index (κ1) is 17.7. The first-order chi connectivity index (χ1) is 11.2. The lowest BCUT2D eigenvalue weighted by Crippen LogP contribution is -2.36. The summed E-state index contributed by atoms with van der Waals surface area (Å²) in [6.07, 6.45) is 9.11. The third-order valence-electron chi connectivity index (χ3n) is 4.88. The number of fused-ring (bicyclic) bond motifs is 1. The zero-order valence-electron chi connectivity index (χ0n) is 15.2. The molecule has 1 unspecified atom stereocenters. The third kappa shape index (κ3) is 3.67. The molecule has 2 aliphatic rings. The summed E-state index contributed by atoms with van der Waals surface area (Å²) in [4.78, 5) is 2.65. The van der Waals surface area contributed by atoms with Gasteiger partial charge in [-0.05, 0) is 61.0 Å². The molecule has 1 aliphatic heterocycles. The van der Waals surface area contributed by atoms with Crippen LogP contribution in [0, 0.1) is 5.92 Å². The number of hydrogen-bond donors (Lipinski definition) is 0. The fraction of sp³-hybridized carbons (Fsp3) is 0.455. The van der Waals surface area contributed by atoms with Gasteiger partial charge in [0.25, 0.3) is 0 Å². The Morgan fingerprint density at radius 1 is 1.13 bits per heavy atom. The molecule has 1 fully saturated rings.